The molecule has 0 aromatic heterocycles. The minimum absolute atomic E-state index is 0.0740. The van der Waals surface area contributed by atoms with Crippen molar-refractivity contribution in [3.8, 4) is 0 Å². The van der Waals surface area contributed by atoms with Crippen LogP contribution >= 0.6 is 11.6 Å². The summed E-state index contributed by atoms with van der Waals surface area (Å²) in [6.45, 7) is 4.64. The number of rotatable bonds is 3. The molecule has 0 aliphatic heterocycles. The Morgan fingerprint density at radius 1 is 1.60 bits per heavy atom. The average Bonchev–Trinajstić information content (AvgIpc) is 2.15. The first kappa shape index (κ1) is 11.9. The van der Waals surface area contributed by atoms with Crippen LogP contribution in [-0.4, -0.2) is 10.9 Å². The van der Waals surface area contributed by atoms with Crippen molar-refractivity contribution in [3.05, 3.63) is 46.8 Å². The van der Waals surface area contributed by atoms with Crippen LogP contribution in [0, 0.1) is 5.82 Å². The SMILES string of the molecule is C=C(C(C)=O)C(O)c1c(F)cccc1Cl. The number of aliphatic hydroxyl groups is 1. The lowest BCUT2D eigenvalue weighted by molar-refractivity contribution is -0.114. The maximum atomic E-state index is 13.3. The molecule has 1 N–H and O–H groups in total. The number of carbonyl (C=O) groups excluding carboxylic acids is 1. The molecule has 1 unspecified atom stereocenters. The molecular formula is C11H10ClFO2. The van der Waals surface area contributed by atoms with Gasteiger partial charge in [0.25, 0.3) is 0 Å². The molecule has 1 aromatic carbocycles. The third-order valence-electron chi connectivity index (χ3n) is 2.06. The molecule has 0 aliphatic carbocycles. The summed E-state index contributed by atoms with van der Waals surface area (Å²) in [6, 6.07) is 4.03. The highest BCUT2D eigenvalue weighted by atomic mass is 35.5. The van der Waals surface area contributed by atoms with Crippen LogP contribution in [-0.2, 0) is 4.79 Å². The van der Waals surface area contributed by atoms with Crippen LogP contribution in [0.1, 0.15) is 18.6 Å². The molecule has 1 rings (SSSR count). The molecule has 80 valence electrons. The lowest BCUT2D eigenvalue weighted by Gasteiger charge is -2.14. The second-order valence-corrected chi connectivity index (χ2v) is 3.53. The molecule has 0 saturated heterocycles. The monoisotopic (exact) mass is 228 g/mol. The van der Waals surface area contributed by atoms with E-state index in [2.05, 4.69) is 6.58 Å². The van der Waals surface area contributed by atoms with Gasteiger partial charge in [0.05, 0.1) is 0 Å². The predicted octanol–water partition coefficient (Wildman–Crippen LogP) is 2.66. The van der Waals surface area contributed by atoms with Crippen LogP contribution in [0.25, 0.3) is 0 Å². The lowest BCUT2D eigenvalue weighted by Crippen LogP contribution is -2.09. The van der Waals surface area contributed by atoms with Gasteiger partial charge in [0, 0.05) is 16.2 Å². The fourth-order valence-electron chi connectivity index (χ4n) is 1.14. The number of hydrogen-bond acceptors (Lipinski definition) is 2. The van der Waals surface area contributed by atoms with Crippen molar-refractivity contribution in [2.75, 3.05) is 0 Å². The zero-order chi connectivity index (χ0) is 11.6. The lowest BCUT2D eigenvalue weighted by atomic mass is 10.00. The normalized spacial score (nSPS) is 12.3. The van der Waals surface area contributed by atoms with E-state index in [0.717, 1.165) is 6.07 Å². The van der Waals surface area contributed by atoms with Crippen molar-refractivity contribution >= 4 is 17.4 Å². The van der Waals surface area contributed by atoms with E-state index < -0.39 is 17.7 Å². The van der Waals surface area contributed by atoms with E-state index in [4.69, 9.17) is 11.6 Å². The van der Waals surface area contributed by atoms with Crippen LogP contribution in [0.4, 0.5) is 4.39 Å². The van der Waals surface area contributed by atoms with Crippen molar-refractivity contribution in [2.24, 2.45) is 0 Å². The summed E-state index contributed by atoms with van der Waals surface area (Å²) in [4.78, 5) is 11.0. The van der Waals surface area contributed by atoms with Crippen molar-refractivity contribution in [3.63, 3.8) is 0 Å². The molecule has 2 nitrogen and oxygen atoms in total. The molecule has 0 bridgehead atoms. The van der Waals surface area contributed by atoms with Crippen molar-refractivity contribution in [1.29, 1.82) is 0 Å². The Balaban J connectivity index is 3.16. The standard InChI is InChI=1S/C11H10ClFO2/c1-6(7(2)14)11(15)10-8(12)4-3-5-9(10)13/h3-5,11,15H,1H2,2H3. The summed E-state index contributed by atoms with van der Waals surface area (Å²) >= 11 is 5.72. The van der Waals surface area contributed by atoms with Crippen molar-refractivity contribution in [2.45, 2.75) is 13.0 Å². The molecular weight excluding hydrogens is 219 g/mol. The Morgan fingerprint density at radius 3 is 2.67 bits per heavy atom. The summed E-state index contributed by atoms with van der Waals surface area (Å²) in [7, 11) is 0. The van der Waals surface area contributed by atoms with Crippen LogP contribution in [0.3, 0.4) is 0 Å². The molecule has 1 aromatic rings. The van der Waals surface area contributed by atoms with E-state index in [1.54, 1.807) is 0 Å². The van der Waals surface area contributed by atoms with Gasteiger partial charge in [0.15, 0.2) is 5.78 Å². The van der Waals surface area contributed by atoms with Gasteiger partial charge in [-0.05, 0) is 19.1 Å². The summed E-state index contributed by atoms with van der Waals surface area (Å²) in [5.74, 6) is -1.06. The molecule has 0 radical (unpaired) electrons. The van der Waals surface area contributed by atoms with Gasteiger partial charge in [-0.15, -0.1) is 0 Å². The van der Waals surface area contributed by atoms with Gasteiger partial charge in [0.1, 0.15) is 11.9 Å². The van der Waals surface area contributed by atoms with Gasteiger partial charge in [-0.25, -0.2) is 4.39 Å². The molecule has 0 spiro atoms. The van der Waals surface area contributed by atoms with Crippen molar-refractivity contribution < 1.29 is 14.3 Å². The Bertz CT molecular complexity index is 395. The first-order valence-corrected chi connectivity index (χ1v) is 4.64. The van der Waals surface area contributed by atoms with Gasteiger partial charge < -0.3 is 5.11 Å². The van der Waals surface area contributed by atoms with E-state index in [-0.39, 0.29) is 16.2 Å². The molecule has 0 amide bonds. The molecule has 0 saturated carbocycles. The molecule has 0 heterocycles. The second kappa shape index (κ2) is 4.55. The first-order chi connectivity index (χ1) is 6.95. The zero-order valence-electron chi connectivity index (χ0n) is 8.13. The maximum Gasteiger partial charge on any atom is 0.158 e. The number of hydrogen-bond donors (Lipinski definition) is 1. The Morgan fingerprint density at radius 2 is 2.20 bits per heavy atom. The Hall–Kier alpha value is -1.19. The predicted molar refractivity (Wildman–Crippen MR) is 56.2 cm³/mol. The molecule has 4 heteroatoms. The fourth-order valence-corrected chi connectivity index (χ4v) is 1.41. The van der Waals surface area contributed by atoms with Gasteiger partial charge >= 0.3 is 0 Å². The van der Waals surface area contributed by atoms with Gasteiger partial charge in [-0.1, -0.05) is 24.2 Å². The smallest absolute Gasteiger partial charge is 0.158 e. The zero-order valence-corrected chi connectivity index (χ0v) is 8.88. The first-order valence-electron chi connectivity index (χ1n) is 4.27. The highest BCUT2D eigenvalue weighted by Gasteiger charge is 2.21. The van der Waals surface area contributed by atoms with E-state index in [9.17, 15) is 14.3 Å². The summed E-state index contributed by atoms with van der Waals surface area (Å²) in [6.07, 6.45) is -1.39. The quantitative estimate of drug-likeness (QED) is 0.808. The third kappa shape index (κ3) is 2.43. The fraction of sp³-hybridized carbons (Fsp3) is 0.182. The van der Waals surface area contributed by atoms with Crippen LogP contribution in [0.2, 0.25) is 5.02 Å². The summed E-state index contributed by atoms with van der Waals surface area (Å²) < 4.78 is 13.3. The van der Waals surface area contributed by atoms with Crippen LogP contribution in [0.5, 0.6) is 0 Å². The minimum Gasteiger partial charge on any atom is -0.383 e. The summed E-state index contributed by atoms with van der Waals surface area (Å²) in [5.41, 5.74) is -0.193. The van der Waals surface area contributed by atoms with E-state index >= 15 is 0 Å². The Labute approximate surface area is 92.0 Å². The molecule has 1 atom stereocenters. The average molecular weight is 229 g/mol. The highest BCUT2D eigenvalue weighted by molar-refractivity contribution is 6.31. The van der Waals surface area contributed by atoms with Crippen LogP contribution < -0.4 is 0 Å². The minimum atomic E-state index is -1.39. The summed E-state index contributed by atoms with van der Waals surface area (Å²) in [5, 5.41) is 9.75. The second-order valence-electron chi connectivity index (χ2n) is 3.12. The molecule has 0 aliphatic rings. The van der Waals surface area contributed by atoms with Gasteiger partial charge in [-0.3, -0.25) is 4.79 Å². The van der Waals surface area contributed by atoms with E-state index in [1.165, 1.54) is 19.1 Å². The number of halogens is 2. The third-order valence-corrected chi connectivity index (χ3v) is 2.39. The van der Waals surface area contributed by atoms with Crippen molar-refractivity contribution in [1.82, 2.24) is 0 Å². The Kier molecular flexibility index (Phi) is 3.61. The number of Topliss-reactive ketones (excluding diaryl/α,β-unsaturated/α-hetero) is 1. The van der Waals surface area contributed by atoms with Crippen LogP contribution in [0.15, 0.2) is 30.4 Å². The number of ketones is 1. The topological polar surface area (TPSA) is 37.3 Å². The van der Waals surface area contributed by atoms with Gasteiger partial charge in [0.2, 0.25) is 0 Å². The number of benzene rings is 1. The molecule has 15 heavy (non-hydrogen) atoms. The largest absolute Gasteiger partial charge is 0.383 e. The number of carbonyl (C=O) groups is 1. The van der Waals surface area contributed by atoms with E-state index in [0.29, 0.717) is 0 Å². The van der Waals surface area contributed by atoms with Gasteiger partial charge in [-0.2, -0.15) is 0 Å². The molecule has 0 fully saturated rings. The maximum absolute atomic E-state index is 13.3. The number of aliphatic hydroxyl groups excluding tert-OH is 1. The highest BCUT2D eigenvalue weighted by Crippen LogP contribution is 2.29. The van der Waals surface area contributed by atoms with E-state index in [1.807, 2.05) is 0 Å².